The third-order valence-electron chi connectivity index (χ3n) is 5.76. The molecule has 0 bridgehead atoms. The van der Waals surface area contributed by atoms with E-state index in [1.54, 1.807) is 14.2 Å². The van der Waals surface area contributed by atoms with Crippen LogP contribution in [0.1, 0.15) is 37.7 Å². The summed E-state index contributed by atoms with van der Waals surface area (Å²) in [7, 11) is 3.33. The third-order valence-corrected chi connectivity index (χ3v) is 6.16. The number of carbonyl (C=O) groups is 1. The fraction of sp³-hybridized carbons (Fsp3) is 0.619. The number of ether oxygens (including phenoxy) is 2. The minimum absolute atomic E-state index is 0.0103. The summed E-state index contributed by atoms with van der Waals surface area (Å²) < 4.78 is 11.1. The highest BCUT2D eigenvalue weighted by Gasteiger charge is 2.42. The Bertz CT molecular complexity index is 706. The van der Waals surface area contributed by atoms with Crippen molar-refractivity contribution in [3.63, 3.8) is 0 Å². The highest BCUT2D eigenvalue weighted by atomic mass is 32.1. The first kappa shape index (κ1) is 20.7. The summed E-state index contributed by atoms with van der Waals surface area (Å²) in [5, 5.41) is 3.94. The molecule has 1 amide bonds. The molecule has 2 saturated heterocycles. The lowest BCUT2D eigenvalue weighted by molar-refractivity contribution is -0.136. The van der Waals surface area contributed by atoms with Gasteiger partial charge in [-0.2, -0.15) is 0 Å². The van der Waals surface area contributed by atoms with Crippen molar-refractivity contribution < 1.29 is 14.3 Å². The quantitative estimate of drug-likeness (QED) is 0.760. The van der Waals surface area contributed by atoms with Gasteiger partial charge in [0.05, 0.1) is 20.1 Å². The lowest BCUT2D eigenvalue weighted by Gasteiger charge is -2.31. The smallest absolute Gasteiger partial charge is 0.228 e. The summed E-state index contributed by atoms with van der Waals surface area (Å²) >= 11 is 5.56. The van der Waals surface area contributed by atoms with Crippen LogP contribution >= 0.6 is 12.2 Å². The summed E-state index contributed by atoms with van der Waals surface area (Å²) in [6.07, 6.45) is 3.38. The second-order valence-electron chi connectivity index (χ2n) is 7.45. The third kappa shape index (κ3) is 4.35. The Morgan fingerprint density at radius 1 is 1.14 bits per heavy atom. The van der Waals surface area contributed by atoms with E-state index in [0.717, 1.165) is 49.5 Å². The van der Waals surface area contributed by atoms with Crippen LogP contribution < -0.4 is 14.8 Å². The van der Waals surface area contributed by atoms with E-state index in [2.05, 4.69) is 10.2 Å². The first-order valence-corrected chi connectivity index (χ1v) is 10.5. The van der Waals surface area contributed by atoms with E-state index in [1.165, 1.54) is 6.42 Å². The largest absolute Gasteiger partial charge is 0.497 e. The van der Waals surface area contributed by atoms with Gasteiger partial charge in [0, 0.05) is 44.2 Å². The molecule has 0 aliphatic carbocycles. The zero-order valence-electron chi connectivity index (χ0n) is 17.1. The number of amides is 1. The molecule has 0 aromatic heterocycles. The molecule has 1 aromatic rings. The van der Waals surface area contributed by atoms with E-state index in [9.17, 15) is 4.79 Å². The predicted molar refractivity (Wildman–Crippen MR) is 114 cm³/mol. The molecule has 28 heavy (non-hydrogen) atoms. The number of likely N-dealkylation sites (tertiary alicyclic amines) is 2. The fourth-order valence-corrected chi connectivity index (χ4v) is 4.57. The number of piperidine rings is 1. The van der Waals surface area contributed by atoms with E-state index < -0.39 is 0 Å². The average Bonchev–Trinajstić information content (AvgIpc) is 3.19. The number of carbonyl (C=O) groups excluding carboxylic acids is 1. The second kappa shape index (κ2) is 9.45. The zero-order valence-corrected chi connectivity index (χ0v) is 17.9. The molecule has 2 unspecified atom stereocenters. The highest BCUT2D eigenvalue weighted by Crippen LogP contribution is 2.40. The molecule has 2 aliphatic rings. The molecule has 2 aliphatic heterocycles. The van der Waals surface area contributed by atoms with Gasteiger partial charge in [0.2, 0.25) is 5.91 Å². The van der Waals surface area contributed by atoms with Gasteiger partial charge < -0.3 is 24.6 Å². The van der Waals surface area contributed by atoms with E-state index in [-0.39, 0.29) is 17.7 Å². The van der Waals surface area contributed by atoms with Crippen molar-refractivity contribution in [1.29, 1.82) is 0 Å². The monoisotopic (exact) mass is 405 g/mol. The van der Waals surface area contributed by atoms with Crippen LogP contribution in [0.25, 0.3) is 0 Å². The van der Waals surface area contributed by atoms with Gasteiger partial charge in [-0.25, -0.2) is 0 Å². The van der Waals surface area contributed by atoms with Crippen LogP contribution in [0.4, 0.5) is 0 Å². The Labute approximate surface area is 173 Å². The van der Waals surface area contributed by atoms with Crippen molar-refractivity contribution in [2.75, 3.05) is 46.9 Å². The number of nitrogens with one attached hydrogen (secondary N) is 1. The normalized spacial score (nSPS) is 22.1. The number of nitrogens with zero attached hydrogens (tertiary/aromatic N) is 2. The van der Waals surface area contributed by atoms with Crippen LogP contribution in [0.3, 0.4) is 0 Å². The summed E-state index contributed by atoms with van der Waals surface area (Å²) in [4.78, 5) is 17.6. The van der Waals surface area contributed by atoms with Crippen molar-refractivity contribution >= 4 is 23.2 Å². The average molecular weight is 406 g/mol. The zero-order chi connectivity index (χ0) is 20.1. The van der Waals surface area contributed by atoms with Crippen LogP contribution in [-0.4, -0.2) is 67.8 Å². The molecule has 3 rings (SSSR count). The lowest BCUT2D eigenvalue weighted by Crippen LogP contribution is -2.43. The van der Waals surface area contributed by atoms with Gasteiger partial charge >= 0.3 is 0 Å². The molecule has 6 nitrogen and oxygen atoms in total. The summed E-state index contributed by atoms with van der Waals surface area (Å²) in [5.74, 6) is 1.66. The van der Waals surface area contributed by atoms with Crippen molar-refractivity contribution in [3.05, 3.63) is 23.8 Å². The maximum atomic E-state index is 13.4. The van der Waals surface area contributed by atoms with Crippen molar-refractivity contribution in [3.8, 4) is 11.5 Å². The Morgan fingerprint density at radius 2 is 1.89 bits per heavy atom. The molecule has 0 spiro atoms. The van der Waals surface area contributed by atoms with Crippen LogP contribution in [0.2, 0.25) is 0 Å². The molecule has 0 saturated carbocycles. The van der Waals surface area contributed by atoms with Crippen LogP contribution in [-0.2, 0) is 4.79 Å². The van der Waals surface area contributed by atoms with E-state index >= 15 is 0 Å². The van der Waals surface area contributed by atoms with Gasteiger partial charge in [0.25, 0.3) is 0 Å². The number of hydrogen-bond donors (Lipinski definition) is 1. The Morgan fingerprint density at radius 3 is 2.54 bits per heavy atom. The standard InChI is InChI=1S/C21H31N3O3S/c1-4-22-21(28)24-13-17(16-12-15(26-2)8-9-19(16)27-3)18(14-24)20(25)23-10-6-5-7-11-23/h8-9,12,17-18H,4-7,10-11,13-14H2,1-3H3,(H,22,28). The minimum atomic E-state index is -0.143. The summed E-state index contributed by atoms with van der Waals surface area (Å²) in [5.41, 5.74) is 1.01. The van der Waals surface area contributed by atoms with E-state index in [1.807, 2.05) is 30.0 Å². The molecule has 2 heterocycles. The maximum Gasteiger partial charge on any atom is 0.228 e. The Balaban J connectivity index is 1.92. The van der Waals surface area contributed by atoms with Gasteiger partial charge in [0.15, 0.2) is 5.11 Å². The fourth-order valence-electron chi connectivity index (χ4n) is 4.28. The van der Waals surface area contributed by atoms with Gasteiger partial charge in [-0.3, -0.25) is 4.79 Å². The Kier molecular flexibility index (Phi) is 6.99. The van der Waals surface area contributed by atoms with Gasteiger partial charge in [0.1, 0.15) is 11.5 Å². The first-order chi connectivity index (χ1) is 13.6. The van der Waals surface area contributed by atoms with E-state index in [0.29, 0.717) is 18.2 Å². The van der Waals surface area contributed by atoms with Crippen LogP contribution in [0.5, 0.6) is 11.5 Å². The summed E-state index contributed by atoms with van der Waals surface area (Å²) in [6.45, 7) is 5.84. The molecule has 1 N–H and O–H groups in total. The molecule has 0 radical (unpaired) electrons. The highest BCUT2D eigenvalue weighted by molar-refractivity contribution is 7.80. The molecular weight excluding hydrogens is 374 g/mol. The number of methoxy groups -OCH3 is 2. The molecule has 1 aromatic carbocycles. The van der Waals surface area contributed by atoms with Gasteiger partial charge in [-0.1, -0.05) is 0 Å². The lowest BCUT2D eigenvalue weighted by atomic mass is 9.86. The summed E-state index contributed by atoms with van der Waals surface area (Å²) in [6, 6.07) is 5.81. The Hall–Kier alpha value is -2.02. The van der Waals surface area contributed by atoms with Crippen molar-refractivity contribution in [2.45, 2.75) is 32.1 Å². The number of hydrogen-bond acceptors (Lipinski definition) is 4. The predicted octanol–water partition coefficient (Wildman–Crippen LogP) is 2.63. The van der Waals surface area contributed by atoms with Crippen molar-refractivity contribution in [1.82, 2.24) is 15.1 Å². The molecule has 7 heteroatoms. The first-order valence-electron chi connectivity index (χ1n) is 10.1. The number of thiocarbonyl (C=S) groups is 1. The SMILES string of the molecule is CCNC(=S)N1CC(C(=O)N2CCCCC2)C(c2cc(OC)ccc2OC)C1. The molecule has 154 valence electrons. The van der Waals surface area contributed by atoms with Crippen LogP contribution in [0, 0.1) is 5.92 Å². The topological polar surface area (TPSA) is 54.0 Å². The maximum absolute atomic E-state index is 13.4. The molecule has 2 fully saturated rings. The minimum Gasteiger partial charge on any atom is -0.497 e. The van der Waals surface area contributed by atoms with Crippen molar-refractivity contribution in [2.24, 2.45) is 5.92 Å². The van der Waals surface area contributed by atoms with Gasteiger partial charge in [-0.15, -0.1) is 0 Å². The second-order valence-corrected chi connectivity index (χ2v) is 7.83. The number of rotatable bonds is 5. The number of benzene rings is 1. The van der Waals surface area contributed by atoms with Crippen LogP contribution in [0.15, 0.2) is 18.2 Å². The van der Waals surface area contributed by atoms with E-state index in [4.69, 9.17) is 21.7 Å². The van der Waals surface area contributed by atoms with Gasteiger partial charge in [-0.05, 0) is 56.6 Å². The molecule has 2 atom stereocenters. The molecular formula is C21H31N3O3S.